The Labute approximate surface area is 94.1 Å². The first-order valence-corrected chi connectivity index (χ1v) is 6.46. The molecule has 0 spiro atoms. The molecule has 1 aromatic rings. The molecule has 0 radical (unpaired) electrons. The van der Waals surface area contributed by atoms with Crippen molar-refractivity contribution in [3.8, 4) is 0 Å². The Morgan fingerprint density at radius 2 is 2.07 bits per heavy atom. The molecule has 2 rings (SSSR count). The molecule has 0 N–H and O–H groups in total. The Kier molecular flexibility index (Phi) is 3.22. The molecule has 1 heterocycles. The Morgan fingerprint density at radius 3 is 2.64 bits per heavy atom. The van der Waals surface area contributed by atoms with Gasteiger partial charge < -0.3 is 0 Å². The van der Waals surface area contributed by atoms with Gasteiger partial charge >= 0.3 is 0 Å². The third-order valence-electron chi connectivity index (χ3n) is 3.34. The molecule has 1 aliphatic carbocycles. The molecule has 0 bridgehead atoms. The van der Waals surface area contributed by atoms with Crippen molar-refractivity contribution in [1.29, 1.82) is 0 Å². The van der Waals surface area contributed by atoms with Gasteiger partial charge in [0.25, 0.3) is 0 Å². The number of alkyl halides is 1. The molecule has 1 aliphatic rings. The smallest absolute Gasteiger partial charge is 0.0305 e. The van der Waals surface area contributed by atoms with Crippen LogP contribution >= 0.6 is 15.9 Å². The van der Waals surface area contributed by atoms with Crippen LogP contribution in [0.25, 0.3) is 0 Å². The number of hydrogen-bond donors (Lipinski definition) is 0. The van der Waals surface area contributed by atoms with Gasteiger partial charge in [-0.2, -0.15) is 0 Å². The summed E-state index contributed by atoms with van der Waals surface area (Å²) in [6.07, 6.45) is 10.6. The minimum atomic E-state index is 0.368. The maximum absolute atomic E-state index is 4.23. The van der Waals surface area contributed by atoms with Crippen molar-refractivity contribution in [2.24, 2.45) is 0 Å². The molecule has 14 heavy (non-hydrogen) atoms. The third kappa shape index (κ3) is 1.85. The first-order chi connectivity index (χ1) is 6.87. The lowest BCUT2D eigenvalue weighted by atomic mass is 9.71. The fourth-order valence-corrected chi connectivity index (χ4v) is 3.29. The Bertz CT molecular complexity index is 278. The Balaban J connectivity index is 2.27. The molecule has 1 aromatic heterocycles. The molecule has 0 atom stereocenters. The second-order valence-corrected chi connectivity index (χ2v) is 4.78. The van der Waals surface area contributed by atoms with Crippen LogP contribution in [0.2, 0.25) is 0 Å². The lowest BCUT2D eigenvalue weighted by Crippen LogP contribution is -2.30. The van der Waals surface area contributed by atoms with Gasteiger partial charge in [0.05, 0.1) is 0 Å². The van der Waals surface area contributed by atoms with Gasteiger partial charge in [-0.15, -0.1) is 0 Å². The van der Waals surface area contributed by atoms with Crippen LogP contribution in [0.15, 0.2) is 24.5 Å². The van der Waals surface area contributed by atoms with Crippen molar-refractivity contribution in [3.63, 3.8) is 0 Å². The maximum atomic E-state index is 4.23. The molecule has 1 nitrogen and oxygen atoms in total. The van der Waals surface area contributed by atoms with E-state index in [0.29, 0.717) is 5.41 Å². The van der Waals surface area contributed by atoms with Crippen LogP contribution in [-0.4, -0.2) is 10.3 Å². The zero-order valence-electron chi connectivity index (χ0n) is 8.38. The van der Waals surface area contributed by atoms with Crippen LogP contribution in [-0.2, 0) is 5.41 Å². The second kappa shape index (κ2) is 4.43. The van der Waals surface area contributed by atoms with Crippen molar-refractivity contribution in [3.05, 3.63) is 30.1 Å². The quantitative estimate of drug-likeness (QED) is 0.733. The van der Waals surface area contributed by atoms with Crippen LogP contribution in [0.5, 0.6) is 0 Å². The highest BCUT2D eigenvalue weighted by molar-refractivity contribution is 9.09. The van der Waals surface area contributed by atoms with Gasteiger partial charge in [0.15, 0.2) is 0 Å². The average molecular weight is 254 g/mol. The standard InChI is InChI=1S/C12H16BrN/c13-10-12(6-2-1-3-7-12)11-5-4-8-14-9-11/h4-5,8-9H,1-3,6-7,10H2. The van der Waals surface area contributed by atoms with Crippen LogP contribution in [0.1, 0.15) is 37.7 Å². The number of pyridine rings is 1. The number of hydrogen-bond acceptors (Lipinski definition) is 1. The van der Waals surface area contributed by atoms with E-state index in [2.05, 4.69) is 27.0 Å². The third-order valence-corrected chi connectivity index (χ3v) is 4.41. The monoisotopic (exact) mass is 253 g/mol. The summed E-state index contributed by atoms with van der Waals surface area (Å²) in [6.45, 7) is 0. The second-order valence-electron chi connectivity index (χ2n) is 4.22. The molecule has 76 valence electrons. The first-order valence-electron chi connectivity index (χ1n) is 5.34. The minimum Gasteiger partial charge on any atom is -0.264 e. The van der Waals surface area contributed by atoms with E-state index >= 15 is 0 Å². The molecule has 0 amide bonds. The van der Waals surface area contributed by atoms with Gasteiger partial charge in [-0.1, -0.05) is 41.3 Å². The van der Waals surface area contributed by atoms with Gasteiger partial charge in [-0.05, 0) is 24.5 Å². The van der Waals surface area contributed by atoms with Crippen LogP contribution in [0.3, 0.4) is 0 Å². The Morgan fingerprint density at radius 1 is 1.29 bits per heavy atom. The van der Waals surface area contributed by atoms with E-state index in [-0.39, 0.29) is 0 Å². The molecule has 0 unspecified atom stereocenters. The zero-order chi connectivity index (χ0) is 9.86. The lowest BCUT2D eigenvalue weighted by Gasteiger charge is -2.36. The van der Waals surface area contributed by atoms with Gasteiger partial charge in [0.2, 0.25) is 0 Å². The molecular weight excluding hydrogens is 238 g/mol. The summed E-state index contributed by atoms with van der Waals surface area (Å²) in [7, 11) is 0. The number of halogens is 1. The summed E-state index contributed by atoms with van der Waals surface area (Å²) in [5, 5.41) is 1.08. The SMILES string of the molecule is BrCC1(c2cccnc2)CCCCC1. The van der Waals surface area contributed by atoms with Gasteiger partial charge in [0, 0.05) is 23.1 Å². The molecule has 2 heteroatoms. The van der Waals surface area contributed by atoms with Gasteiger partial charge in [-0.3, -0.25) is 4.98 Å². The largest absolute Gasteiger partial charge is 0.264 e. The lowest BCUT2D eigenvalue weighted by molar-refractivity contribution is 0.327. The van der Waals surface area contributed by atoms with Crippen LogP contribution in [0.4, 0.5) is 0 Å². The van der Waals surface area contributed by atoms with E-state index in [9.17, 15) is 0 Å². The van der Waals surface area contributed by atoms with Gasteiger partial charge in [-0.25, -0.2) is 0 Å². The highest BCUT2D eigenvalue weighted by Crippen LogP contribution is 2.40. The van der Waals surface area contributed by atoms with Crippen molar-refractivity contribution >= 4 is 15.9 Å². The normalized spacial score (nSPS) is 20.6. The van der Waals surface area contributed by atoms with E-state index in [1.807, 2.05) is 18.5 Å². The van der Waals surface area contributed by atoms with E-state index in [0.717, 1.165) is 5.33 Å². The summed E-state index contributed by atoms with van der Waals surface area (Å²) in [5.74, 6) is 0. The van der Waals surface area contributed by atoms with Crippen molar-refractivity contribution in [2.45, 2.75) is 37.5 Å². The summed E-state index contributed by atoms with van der Waals surface area (Å²) in [4.78, 5) is 4.23. The summed E-state index contributed by atoms with van der Waals surface area (Å²) in [6, 6.07) is 4.27. The van der Waals surface area contributed by atoms with Crippen LogP contribution < -0.4 is 0 Å². The highest BCUT2D eigenvalue weighted by atomic mass is 79.9. The van der Waals surface area contributed by atoms with Crippen molar-refractivity contribution in [2.75, 3.05) is 5.33 Å². The summed E-state index contributed by atoms with van der Waals surface area (Å²) in [5.41, 5.74) is 1.78. The fourth-order valence-electron chi connectivity index (χ4n) is 2.40. The molecule has 0 saturated heterocycles. The molecule has 0 aromatic carbocycles. The highest BCUT2D eigenvalue weighted by Gasteiger charge is 2.32. The van der Waals surface area contributed by atoms with Crippen molar-refractivity contribution in [1.82, 2.24) is 4.98 Å². The molecule has 1 fully saturated rings. The summed E-state index contributed by atoms with van der Waals surface area (Å²) < 4.78 is 0. The topological polar surface area (TPSA) is 12.9 Å². The number of nitrogens with zero attached hydrogens (tertiary/aromatic N) is 1. The first kappa shape index (κ1) is 10.2. The summed E-state index contributed by atoms with van der Waals surface area (Å²) >= 11 is 3.68. The van der Waals surface area contributed by atoms with E-state index < -0.39 is 0 Å². The molecule has 1 saturated carbocycles. The average Bonchev–Trinajstić information content (AvgIpc) is 2.31. The number of aromatic nitrogens is 1. The molecular formula is C12H16BrN. The zero-order valence-corrected chi connectivity index (χ0v) is 9.96. The van der Waals surface area contributed by atoms with E-state index in [4.69, 9.17) is 0 Å². The number of rotatable bonds is 2. The predicted molar refractivity (Wildman–Crippen MR) is 62.8 cm³/mol. The van der Waals surface area contributed by atoms with Crippen LogP contribution in [0, 0.1) is 0 Å². The predicted octanol–water partition coefficient (Wildman–Crippen LogP) is 3.68. The Hall–Kier alpha value is -0.370. The molecule has 0 aliphatic heterocycles. The minimum absolute atomic E-state index is 0.368. The maximum Gasteiger partial charge on any atom is 0.0305 e. The van der Waals surface area contributed by atoms with E-state index in [1.165, 1.54) is 37.7 Å². The fraction of sp³-hybridized carbons (Fsp3) is 0.583. The van der Waals surface area contributed by atoms with E-state index in [1.54, 1.807) is 0 Å². The van der Waals surface area contributed by atoms with Crippen molar-refractivity contribution < 1.29 is 0 Å². The van der Waals surface area contributed by atoms with Gasteiger partial charge in [0.1, 0.15) is 0 Å².